The lowest BCUT2D eigenvalue weighted by Crippen LogP contribution is -2.26. The highest BCUT2D eigenvalue weighted by molar-refractivity contribution is 6.08. The molecule has 0 aliphatic rings. The lowest BCUT2D eigenvalue weighted by Gasteiger charge is -2.09. The zero-order valence-electron chi connectivity index (χ0n) is 18.9. The van der Waals surface area contributed by atoms with Crippen LogP contribution in [0.15, 0.2) is 54.7 Å². The largest absolute Gasteiger partial charge is 0.489 e. The van der Waals surface area contributed by atoms with E-state index in [9.17, 15) is 9.59 Å². The second kappa shape index (κ2) is 11.1. The molecule has 2 N–H and O–H groups in total. The number of hydrogen-bond acceptors (Lipinski definition) is 4. The molecular formula is C25H30N4O3. The van der Waals surface area contributed by atoms with Crippen molar-refractivity contribution in [1.29, 1.82) is 0 Å². The molecule has 0 aliphatic heterocycles. The van der Waals surface area contributed by atoms with Gasteiger partial charge < -0.3 is 15.4 Å². The van der Waals surface area contributed by atoms with Gasteiger partial charge in [0.15, 0.2) is 5.69 Å². The van der Waals surface area contributed by atoms with Crippen molar-refractivity contribution in [2.75, 3.05) is 11.9 Å². The Morgan fingerprint density at radius 2 is 1.78 bits per heavy atom. The van der Waals surface area contributed by atoms with Crippen LogP contribution >= 0.6 is 0 Å². The maximum absolute atomic E-state index is 12.9. The summed E-state index contributed by atoms with van der Waals surface area (Å²) >= 11 is 0. The SMILES string of the molecule is CCCNC(=O)c1nn(CC)cc1NC(=O)c1cccc(COc2ccc(CC)cc2)c1. The Hall–Kier alpha value is -3.61. The van der Waals surface area contributed by atoms with E-state index >= 15 is 0 Å². The Morgan fingerprint density at radius 3 is 2.47 bits per heavy atom. The molecule has 2 amide bonds. The van der Waals surface area contributed by atoms with E-state index < -0.39 is 0 Å². The standard InChI is InChI=1S/C25H30N4O3/c1-4-14-26-25(31)23-22(16-29(6-3)28-23)27-24(30)20-9-7-8-19(15-20)17-32-21-12-10-18(5-2)11-13-21/h7-13,15-16H,4-6,14,17H2,1-3H3,(H,26,31)(H,27,30). The van der Waals surface area contributed by atoms with Gasteiger partial charge in [-0.2, -0.15) is 5.10 Å². The van der Waals surface area contributed by atoms with Crippen molar-refractivity contribution in [1.82, 2.24) is 15.1 Å². The highest BCUT2D eigenvalue weighted by Crippen LogP contribution is 2.18. The van der Waals surface area contributed by atoms with E-state index in [0.29, 0.717) is 30.9 Å². The van der Waals surface area contributed by atoms with Gasteiger partial charge in [-0.05, 0) is 55.2 Å². The third kappa shape index (κ3) is 5.97. The van der Waals surface area contributed by atoms with Crippen molar-refractivity contribution >= 4 is 17.5 Å². The predicted molar refractivity (Wildman–Crippen MR) is 125 cm³/mol. The molecule has 0 fully saturated rings. The number of carbonyl (C=O) groups is 2. The Kier molecular flexibility index (Phi) is 8.02. The van der Waals surface area contributed by atoms with Crippen molar-refractivity contribution in [2.45, 2.75) is 46.8 Å². The van der Waals surface area contributed by atoms with Crippen LogP contribution in [-0.4, -0.2) is 28.1 Å². The molecule has 32 heavy (non-hydrogen) atoms. The molecule has 0 atom stereocenters. The van der Waals surface area contributed by atoms with Gasteiger partial charge in [-0.1, -0.05) is 38.1 Å². The number of anilines is 1. The number of aromatic nitrogens is 2. The number of amides is 2. The summed E-state index contributed by atoms with van der Waals surface area (Å²) in [5.74, 6) is 0.178. The van der Waals surface area contributed by atoms with Crippen molar-refractivity contribution in [3.05, 3.63) is 77.1 Å². The Balaban J connectivity index is 1.69. The van der Waals surface area contributed by atoms with Gasteiger partial charge in [0.1, 0.15) is 12.4 Å². The number of carbonyl (C=O) groups excluding carboxylic acids is 2. The molecule has 7 nitrogen and oxygen atoms in total. The van der Waals surface area contributed by atoms with Crippen LogP contribution in [0.2, 0.25) is 0 Å². The van der Waals surface area contributed by atoms with Crippen LogP contribution in [-0.2, 0) is 19.6 Å². The number of nitrogens with zero attached hydrogens (tertiary/aromatic N) is 2. The van der Waals surface area contributed by atoms with Crippen molar-refractivity contribution in [3.8, 4) is 5.75 Å². The second-order valence-electron chi connectivity index (χ2n) is 7.44. The summed E-state index contributed by atoms with van der Waals surface area (Å²) in [5, 5.41) is 9.93. The average molecular weight is 435 g/mol. The monoisotopic (exact) mass is 434 g/mol. The molecule has 0 saturated carbocycles. The molecular weight excluding hydrogens is 404 g/mol. The smallest absolute Gasteiger partial charge is 0.273 e. The van der Waals surface area contributed by atoms with Gasteiger partial charge in [0.05, 0.1) is 5.69 Å². The molecule has 3 rings (SSSR count). The summed E-state index contributed by atoms with van der Waals surface area (Å²) in [6.45, 7) is 7.51. The first-order valence-corrected chi connectivity index (χ1v) is 11.0. The van der Waals surface area contributed by atoms with Crippen molar-refractivity contribution in [3.63, 3.8) is 0 Å². The topological polar surface area (TPSA) is 85.3 Å². The molecule has 0 unspecified atom stereocenters. The molecule has 0 bridgehead atoms. The van der Waals surface area contributed by atoms with Crippen molar-refractivity contribution < 1.29 is 14.3 Å². The van der Waals surface area contributed by atoms with Gasteiger partial charge >= 0.3 is 0 Å². The minimum absolute atomic E-state index is 0.212. The number of rotatable bonds is 10. The number of ether oxygens (including phenoxy) is 1. The van der Waals surface area contributed by atoms with Gasteiger partial charge in [-0.25, -0.2) is 0 Å². The first-order chi connectivity index (χ1) is 15.5. The third-order valence-corrected chi connectivity index (χ3v) is 5.01. The van der Waals surface area contributed by atoms with E-state index in [1.807, 2.05) is 50.2 Å². The molecule has 7 heteroatoms. The maximum Gasteiger partial charge on any atom is 0.273 e. The summed E-state index contributed by atoms with van der Waals surface area (Å²) in [7, 11) is 0. The number of hydrogen-bond donors (Lipinski definition) is 2. The summed E-state index contributed by atoms with van der Waals surface area (Å²) < 4.78 is 7.48. The first kappa shape index (κ1) is 23.1. The number of nitrogens with one attached hydrogen (secondary N) is 2. The van der Waals surface area contributed by atoms with Crippen LogP contribution in [0.3, 0.4) is 0 Å². The molecule has 0 aliphatic carbocycles. The van der Waals surface area contributed by atoms with Crippen molar-refractivity contribution in [2.24, 2.45) is 0 Å². The highest BCUT2D eigenvalue weighted by Gasteiger charge is 2.19. The Bertz CT molecular complexity index is 1060. The van der Waals surface area contributed by atoms with Crippen LogP contribution in [0.4, 0.5) is 5.69 Å². The molecule has 1 aromatic heterocycles. The van der Waals surface area contributed by atoms with Crippen LogP contribution in [0, 0.1) is 0 Å². The second-order valence-corrected chi connectivity index (χ2v) is 7.44. The summed E-state index contributed by atoms with van der Waals surface area (Å²) in [6, 6.07) is 15.2. The van der Waals surface area contributed by atoms with E-state index in [4.69, 9.17) is 4.74 Å². The van der Waals surface area contributed by atoms with Crippen LogP contribution in [0.1, 0.15) is 59.2 Å². The van der Waals surface area contributed by atoms with Crippen LogP contribution < -0.4 is 15.4 Å². The molecule has 0 spiro atoms. The highest BCUT2D eigenvalue weighted by atomic mass is 16.5. The minimum Gasteiger partial charge on any atom is -0.489 e. The predicted octanol–water partition coefficient (Wildman–Crippen LogP) is 4.44. The maximum atomic E-state index is 12.9. The average Bonchev–Trinajstić information content (AvgIpc) is 3.24. The lowest BCUT2D eigenvalue weighted by molar-refractivity contribution is 0.0948. The summed E-state index contributed by atoms with van der Waals surface area (Å²) in [5.41, 5.74) is 3.22. The molecule has 168 valence electrons. The van der Waals surface area contributed by atoms with E-state index in [1.54, 1.807) is 23.0 Å². The van der Waals surface area contributed by atoms with Gasteiger partial charge in [-0.15, -0.1) is 0 Å². The summed E-state index contributed by atoms with van der Waals surface area (Å²) in [6.07, 6.45) is 3.47. The lowest BCUT2D eigenvalue weighted by atomic mass is 10.1. The number of aryl methyl sites for hydroxylation is 2. The quantitative estimate of drug-likeness (QED) is 0.494. The van der Waals surface area contributed by atoms with Gasteiger partial charge in [0.2, 0.25) is 0 Å². The van der Waals surface area contributed by atoms with Crippen LogP contribution in [0.25, 0.3) is 0 Å². The first-order valence-electron chi connectivity index (χ1n) is 11.0. The van der Waals surface area contributed by atoms with Crippen LogP contribution in [0.5, 0.6) is 5.75 Å². The van der Waals surface area contributed by atoms with Gasteiger partial charge in [-0.3, -0.25) is 14.3 Å². The molecule has 1 heterocycles. The Labute approximate surface area is 188 Å². The third-order valence-electron chi connectivity index (χ3n) is 5.01. The molecule has 3 aromatic rings. The normalized spacial score (nSPS) is 10.6. The summed E-state index contributed by atoms with van der Waals surface area (Å²) in [4.78, 5) is 25.3. The molecule has 2 aromatic carbocycles. The Morgan fingerprint density at radius 1 is 1.00 bits per heavy atom. The number of benzene rings is 2. The fourth-order valence-electron chi connectivity index (χ4n) is 3.15. The zero-order chi connectivity index (χ0) is 22.9. The van der Waals surface area contributed by atoms with E-state index in [1.165, 1.54) is 5.56 Å². The van der Waals surface area contributed by atoms with E-state index in [-0.39, 0.29) is 17.5 Å². The minimum atomic E-state index is -0.306. The fraction of sp³-hybridized carbons (Fsp3) is 0.320. The van der Waals surface area contributed by atoms with E-state index in [0.717, 1.165) is 24.2 Å². The molecule has 0 radical (unpaired) electrons. The zero-order valence-corrected chi connectivity index (χ0v) is 18.9. The fourth-order valence-corrected chi connectivity index (χ4v) is 3.15. The van der Waals surface area contributed by atoms with E-state index in [2.05, 4.69) is 22.7 Å². The van der Waals surface area contributed by atoms with Gasteiger partial charge in [0.25, 0.3) is 11.8 Å². The van der Waals surface area contributed by atoms with Gasteiger partial charge in [0, 0.05) is 24.8 Å². The molecule has 0 saturated heterocycles.